The standard InChI is InChI=1S/C21H12N4/c1-24-16(10-22)20-14-5-3-4-6-15(14)21(17(11-23)25-2)19-13-8-7-12(9-13)18(19)20/h3-6,12-13H,7-9H2/b20-16+,21-17+. The molecule has 0 spiro atoms. The molecule has 0 aromatic heterocycles. The summed E-state index contributed by atoms with van der Waals surface area (Å²) in [5.41, 5.74) is 2.28. The molecule has 4 rings (SSSR count). The van der Waals surface area contributed by atoms with Crippen LogP contribution in [0.4, 0.5) is 0 Å². The molecule has 2 aromatic rings. The molecule has 0 saturated heterocycles. The molecule has 0 aliphatic heterocycles. The second kappa shape index (κ2) is 5.49. The van der Waals surface area contributed by atoms with Gasteiger partial charge in [-0.15, -0.1) is 0 Å². The molecule has 4 nitrogen and oxygen atoms in total. The molecule has 2 aliphatic carbocycles. The number of rotatable bonds is 0. The number of benzene rings is 2. The third-order valence-corrected chi connectivity index (χ3v) is 5.45. The summed E-state index contributed by atoms with van der Waals surface area (Å²) < 4.78 is 0. The van der Waals surface area contributed by atoms with Crippen molar-refractivity contribution in [2.45, 2.75) is 31.1 Å². The summed E-state index contributed by atoms with van der Waals surface area (Å²) >= 11 is 0. The zero-order chi connectivity index (χ0) is 17.6. The van der Waals surface area contributed by atoms with E-state index >= 15 is 0 Å². The molecule has 0 radical (unpaired) electrons. The summed E-state index contributed by atoms with van der Waals surface area (Å²) in [6.45, 7) is 14.9. The van der Waals surface area contributed by atoms with Crippen LogP contribution in [-0.2, 0) is 0 Å². The molecule has 2 atom stereocenters. The van der Waals surface area contributed by atoms with Gasteiger partial charge in [0.25, 0.3) is 11.4 Å². The van der Waals surface area contributed by atoms with E-state index in [-0.39, 0.29) is 11.4 Å². The average Bonchev–Trinajstić information content (AvgIpc) is 3.26. The first-order valence-corrected chi connectivity index (χ1v) is 8.13. The van der Waals surface area contributed by atoms with Gasteiger partial charge in [-0.05, 0) is 53.0 Å². The van der Waals surface area contributed by atoms with Gasteiger partial charge in [-0.2, -0.15) is 0 Å². The smallest absolute Gasteiger partial charge is 0.226 e. The predicted molar refractivity (Wildman–Crippen MR) is 93.8 cm³/mol. The minimum Gasteiger partial charge on any atom is -0.226 e. The Morgan fingerprint density at radius 1 is 0.880 bits per heavy atom. The first kappa shape index (κ1) is 15.0. The Labute approximate surface area is 145 Å². The maximum atomic E-state index is 9.50. The van der Waals surface area contributed by atoms with Gasteiger partial charge in [0.1, 0.15) is 0 Å². The predicted octanol–water partition coefficient (Wildman–Crippen LogP) is 3.31. The first-order valence-electron chi connectivity index (χ1n) is 8.13. The average molecular weight is 320 g/mol. The van der Waals surface area contributed by atoms with Crippen LogP contribution >= 0.6 is 0 Å². The van der Waals surface area contributed by atoms with Crippen molar-refractivity contribution >= 4 is 22.2 Å². The molecule has 1 fully saturated rings. The van der Waals surface area contributed by atoms with E-state index in [1.807, 2.05) is 24.3 Å². The molecule has 1 saturated carbocycles. The van der Waals surface area contributed by atoms with Gasteiger partial charge >= 0.3 is 0 Å². The Hall–Kier alpha value is -3.60. The van der Waals surface area contributed by atoms with E-state index in [4.69, 9.17) is 13.1 Å². The van der Waals surface area contributed by atoms with Crippen LogP contribution < -0.4 is 10.4 Å². The fraction of sp³-hybridized carbons (Fsp3) is 0.238. The molecule has 116 valence electrons. The Kier molecular flexibility index (Phi) is 3.28. The number of hydrogen-bond donors (Lipinski definition) is 0. The largest absolute Gasteiger partial charge is 0.269 e. The monoisotopic (exact) mass is 320 g/mol. The van der Waals surface area contributed by atoms with Crippen LogP contribution in [0.5, 0.6) is 0 Å². The van der Waals surface area contributed by atoms with E-state index in [0.717, 1.165) is 51.6 Å². The Morgan fingerprint density at radius 2 is 1.32 bits per heavy atom. The van der Waals surface area contributed by atoms with Crippen LogP contribution in [0.25, 0.3) is 31.9 Å². The molecule has 25 heavy (non-hydrogen) atoms. The van der Waals surface area contributed by atoms with E-state index in [1.165, 1.54) is 0 Å². The maximum Gasteiger partial charge on any atom is 0.269 e. The zero-order valence-corrected chi connectivity index (χ0v) is 13.4. The molecule has 0 amide bonds. The van der Waals surface area contributed by atoms with Crippen LogP contribution in [0, 0.1) is 35.8 Å². The number of nitrogens with zero attached hydrogens (tertiary/aromatic N) is 4. The molecule has 4 heteroatoms. The Morgan fingerprint density at radius 3 is 1.68 bits per heavy atom. The molecule has 2 aromatic carbocycles. The van der Waals surface area contributed by atoms with Gasteiger partial charge in [-0.1, -0.05) is 24.3 Å². The lowest BCUT2D eigenvalue weighted by atomic mass is 9.84. The van der Waals surface area contributed by atoms with Crippen molar-refractivity contribution in [2.75, 3.05) is 0 Å². The van der Waals surface area contributed by atoms with Crippen LogP contribution in [0.15, 0.2) is 24.3 Å². The summed E-state index contributed by atoms with van der Waals surface area (Å²) in [7, 11) is 0. The van der Waals surface area contributed by atoms with Crippen molar-refractivity contribution in [3.63, 3.8) is 0 Å². The summed E-state index contributed by atoms with van der Waals surface area (Å²) in [4.78, 5) is 6.95. The highest BCUT2D eigenvalue weighted by Crippen LogP contribution is 2.51. The normalized spacial score (nSPS) is 22.2. The van der Waals surface area contributed by atoms with Crippen LogP contribution in [0.3, 0.4) is 0 Å². The van der Waals surface area contributed by atoms with Crippen molar-refractivity contribution in [3.8, 4) is 12.1 Å². The van der Waals surface area contributed by atoms with E-state index in [1.54, 1.807) is 0 Å². The van der Waals surface area contributed by atoms with Crippen LogP contribution in [0.1, 0.15) is 42.2 Å². The molecule has 2 bridgehead atoms. The van der Waals surface area contributed by atoms with Crippen LogP contribution in [-0.4, -0.2) is 0 Å². The van der Waals surface area contributed by atoms with E-state index < -0.39 is 0 Å². The Balaban J connectivity index is 2.44. The van der Waals surface area contributed by atoms with Gasteiger partial charge in [0, 0.05) is 10.4 Å². The van der Waals surface area contributed by atoms with Gasteiger partial charge in [0.05, 0.1) is 25.3 Å². The highest BCUT2D eigenvalue weighted by molar-refractivity contribution is 5.93. The lowest BCUT2D eigenvalue weighted by Gasteiger charge is -2.20. The van der Waals surface area contributed by atoms with E-state index in [2.05, 4.69) is 21.8 Å². The summed E-state index contributed by atoms with van der Waals surface area (Å²) in [5.74, 6) is 0.628. The van der Waals surface area contributed by atoms with E-state index in [0.29, 0.717) is 11.8 Å². The van der Waals surface area contributed by atoms with Crippen LogP contribution in [0.2, 0.25) is 0 Å². The van der Waals surface area contributed by atoms with Gasteiger partial charge in [0.2, 0.25) is 0 Å². The SMILES string of the molecule is [C-]#[N+]/C(C#N)=c1/c2c(/c(=C(\C#N)[N+]#[C-])c3ccccc13)C1CCC2C1. The fourth-order valence-electron chi connectivity index (χ4n) is 4.62. The third kappa shape index (κ3) is 1.89. The molecular weight excluding hydrogens is 308 g/mol. The highest BCUT2D eigenvalue weighted by atomic mass is 14.7. The zero-order valence-electron chi connectivity index (χ0n) is 13.4. The third-order valence-electron chi connectivity index (χ3n) is 5.45. The lowest BCUT2D eigenvalue weighted by Crippen LogP contribution is -2.27. The number of nitriles is 2. The summed E-state index contributed by atoms with van der Waals surface area (Å²) in [5, 5.41) is 22.1. The Bertz CT molecular complexity index is 1090. The molecule has 2 unspecified atom stereocenters. The highest BCUT2D eigenvalue weighted by Gasteiger charge is 2.39. The van der Waals surface area contributed by atoms with Crippen molar-refractivity contribution in [3.05, 3.63) is 68.7 Å². The quantitative estimate of drug-likeness (QED) is 0.699. The minimum absolute atomic E-state index is 0.105. The fourth-order valence-corrected chi connectivity index (χ4v) is 4.62. The molecule has 2 aliphatic rings. The molecule has 0 heterocycles. The van der Waals surface area contributed by atoms with Crippen molar-refractivity contribution in [2.24, 2.45) is 0 Å². The number of hydrogen-bond acceptors (Lipinski definition) is 2. The van der Waals surface area contributed by atoms with Gasteiger partial charge in [-0.3, -0.25) is 0 Å². The maximum absolute atomic E-state index is 9.50. The second-order valence-corrected chi connectivity index (χ2v) is 6.47. The van der Waals surface area contributed by atoms with Gasteiger partial charge in [-0.25, -0.2) is 20.2 Å². The lowest BCUT2D eigenvalue weighted by molar-refractivity contribution is 0.712. The molecular formula is C21H12N4. The summed E-state index contributed by atoms with van der Waals surface area (Å²) in [6.07, 6.45) is 3.07. The number of fused-ring (bicyclic) bond motifs is 6. The molecule has 0 N–H and O–H groups in total. The summed E-state index contributed by atoms with van der Waals surface area (Å²) in [6, 6.07) is 11.6. The first-order chi connectivity index (χ1) is 12.2. The van der Waals surface area contributed by atoms with Gasteiger partial charge < -0.3 is 0 Å². The van der Waals surface area contributed by atoms with Gasteiger partial charge in [0.15, 0.2) is 0 Å². The van der Waals surface area contributed by atoms with Crippen molar-refractivity contribution in [1.29, 1.82) is 10.5 Å². The topological polar surface area (TPSA) is 56.3 Å². The van der Waals surface area contributed by atoms with Crippen molar-refractivity contribution in [1.82, 2.24) is 0 Å². The minimum atomic E-state index is 0.105. The second-order valence-electron chi connectivity index (χ2n) is 6.47. The van der Waals surface area contributed by atoms with E-state index in [9.17, 15) is 10.5 Å². The van der Waals surface area contributed by atoms with Crippen molar-refractivity contribution < 1.29 is 0 Å².